The summed E-state index contributed by atoms with van der Waals surface area (Å²) < 4.78 is 26.6. The van der Waals surface area contributed by atoms with Gasteiger partial charge in [0.15, 0.2) is 5.82 Å². The van der Waals surface area contributed by atoms with Gasteiger partial charge in [0, 0.05) is 29.5 Å². The van der Waals surface area contributed by atoms with Crippen LogP contribution in [-0.2, 0) is 17.1 Å². The topological polar surface area (TPSA) is 106 Å². The molecule has 1 heterocycles. The van der Waals surface area contributed by atoms with E-state index in [2.05, 4.69) is 20.2 Å². The van der Waals surface area contributed by atoms with Crippen LogP contribution in [0.3, 0.4) is 0 Å². The summed E-state index contributed by atoms with van der Waals surface area (Å²) in [5, 5.41) is 10.7. The van der Waals surface area contributed by atoms with Crippen molar-refractivity contribution in [2.45, 2.75) is 0 Å². The van der Waals surface area contributed by atoms with E-state index in [4.69, 9.17) is 0 Å². The number of amides is 1. The summed E-state index contributed by atoms with van der Waals surface area (Å²) in [6, 6.07) is 13.4. The highest BCUT2D eigenvalue weighted by molar-refractivity contribution is 7.92. The Hall–Kier alpha value is -3.20. The lowest BCUT2D eigenvalue weighted by Gasteiger charge is -2.08. The summed E-state index contributed by atoms with van der Waals surface area (Å²) in [6.07, 6.45) is 2.67. The lowest BCUT2D eigenvalue weighted by atomic mass is 10.1. The van der Waals surface area contributed by atoms with Crippen LogP contribution in [0.5, 0.6) is 0 Å². The minimum absolute atomic E-state index is 0.300. The van der Waals surface area contributed by atoms with Crippen molar-refractivity contribution in [3.05, 3.63) is 60.4 Å². The van der Waals surface area contributed by atoms with Crippen LogP contribution in [0.15, 0.2) is 54.9 Å². The third-order valence-electron chi connectivity index (χ3n) is 3.54. The van der Waals surface area contributed by atoms with Gasteiger partial charge in [-0.05, 0) is 36.4 Å². The van der Waals surface area contributed by atoms with Crippen molar-refractivity contribution in [2.75, 3.05) is 16.3 Å². The molecule has 2 aromatic carbocycles. The van der Waals surface area contributed by atoms with E-state index in [9.17, 15) is 13.2 Å². The average molecular weight is 371 g/mol. The number of benzene rings is 2. The van der Waals surface area contributed by atoms with Gasteiger partial charge in [0.1, 0.15) is 6.33 Å². The molecular weight excluding hydrogens is 354 g/mol. The van der Waals surface area contributed by atoms with Crippen LogP contribution < -0.4 is 10.0 Å². The van der Waals surface area contributed by atoms with Crippen molar-refractivity contribution in [1.29, 1.82) is 0 Å². The number of aromatic nitrogens is 3. The summed E-state index contributed by atoms with van der Waals surface area (Å²) in [7, 11) is -1.51. The Balaban J connectivity index is 1.75. The van der Waals surface area contributed by atoms with Crippen LogP contribution >= 0.6 is 0 Å². The van der Waals surface area contributed by atoms with E-state index in [-0.39, 0.29) is 5.91 Å². The van der Waals surface area contributed by atoms with Gasteiger partial charge in [-0.2, -0.15) is 0 Å². The Morgan fingerprint density at radius 2 is 1.81 bits per heavy atom. The molecule has 3 aromatic rings. The molecule has 0 aliphatic carbocycles. The molecule has 8 nitrogen and oxygen atoms in total. The number of aryl methyl sites for hydroxylation is 1. The highest BCUT2D eigenvalue weighted by Gasteiger charge is 2.10. The van der Waals surface area contributed by atoms with Gasteiger partial charge < -0.3 is 9.88 Å². The normalized spacial score (nSPS) is 11.2. The van der Waals surface area contributed by atoms with Crippen LogP contribution in [0.2, 0.25) is 0 Å². The third kappa shape index (κ3) is 4.25. The molecule has 0 saturated heterocycles. The van der Waals surface area contributed by atoms with Crippen molar-refractivity contribution < 1.29 is 13.2 Å². The predicted molar refractivity (Wildman–Crippen MR) is 99.3 cm³/mol. The molecule has 0 spiro atoms. The maximum Gasteiger partial charge on any atom is 0.255 e. The largest absolute Gasteiger partial charge is 0.322 e. The molecule has 0 aliphatic rings. The van der Waals surface area contributed by atoms with Crippen molar-refractivity contribution in [1.82, 2.24) is 14.8 Å². The first-order chi connectivity index (χ1) is 12.3. The summed E-state index contributed by atoms with van der Waals surface area (Å²) in [5.41, 5.74) is 2.26. The first-order valence-corrected chi connectivity index (χ1v) is 9.54. The van der Waals surface area contributed by atoms with Gasteiger partial charge in [0.2, 0.25) is 10.0 Å². The molecule has 134 valence electrons. The molecule has 1 aromatic heterocycles. The number of nitrogens with zero attached hydrogens (tertiary/aromatic N) is 3. The second-order valence-electron chi connectivity index (χ2n) is 5.75. The number of hydrogen-bond acceptors (Lipinski definition) is 5. The van der Waals surface area contributed by atoms with Crippen LogP contribution in [-0.4, -0.2) is 35.3 Å². The monoisotopic (exact) mass is 371 g/mol. The van der Waals surface area contributed by atoms with Gasteiger partial charge in [0.25, 0.3) is 5.91 Å². The van der Waals surface area contributed by atoms with Crippen molar-refractivity contribution >= 4 is 27.3 Å². The minimum atomic E-state index is -3.35. The molecule has 0 fully saturated rings. The predicted octanol–water partition coefficient (Wildman–Crippen LogP) is 2.11. The van der Waals surface area contributed by atoms with Gasteiger partial charge in [-0.1, -0.05) is 12.1 Å². The quantitative estimate of drug-likeness (QED) is 0.714. The second kappa shape index (κ2) is 6.96. The van der Waals surface area contributed by atoms with E-state index in [0.717, 1.165) is 11.8 Å². The van der Waals surface area contributed by atoms with Gasteiger partial charge >= 0.3 is 0 Å². The van der Waals surface area contributed by atoms with Gasteiger partial charge in [0.05, 0.1) is 6.26 Å². The highest BCUT2D eigenvalue weighted by Crippen LogP contribution is 2.21. The van der Waals surface area contributed by atoms with Gasteiger partial charge in [-0.25, -0.2) is 8.42 Å². The lowest BCUT2D eigenvalue weighted by Crippen LogP contribution is -2.13. The van der Waals surface area contributed by atoms with Crippen molar-refractivity contribution in [3.63, 3.8) is 0 Å². The fourth-order valence-electron chi connectivity index (χ4n) is 2.39. The summed E-state index contributed by atoms with van der Waals surface area (Å²) >= 11 is 0. The Bertz CT molecular complexity index is 1040. The van der Waals surface area contributed by atoms with E-state index in [1.807, 2.05) is 25.2 Å². The molecule has 0 atom stereocenters. The fraction of sp³-hybridized carbons (Fsp3) is 0.118. The molecule has 2 N–H and O–H groups in total. The van der Waals surface area contributed by atoms with E-state index in [0.29, 0.717) is 22.8 Å². The number of anilines is 2. The maximum atomic E-state index is 12.4. The molecule has 0 unspecified atom stereocenters. The number of carbonyl (C=O) groups is 1. The molecule has 0 saturated carbocycles. The first kappa shape index (κ1) is 17.6. The summed E-state index contributed by atoms with van der Waals surface area (Å²) in [6.45, 7) is 0. The Labute approximate surface area is 150 Å². The average Bonchev–Trinajstić information content (AvgIpc) is 3.00. The van der Waals surface area contributed by atoms with Crippen molar-refractivity contribution in [3.8, 4) is 11.4 Å². The molecule has 3 rings (SSSR count). The third-order valence-corrected chi connectivity index (χ3v) is 4.15. The van der Waals surface area contributed by atoms with E-state index >= 15 is 0 Å². The van der Waals surface area contributed by atoms with E-state index < -0.39 is 10.0 Å². The first-order valence-electron chi connectivity index (χ1n) is 7.65. The Kier molecular flexibility index (Phi) is 4.72. The van der Waals surface area contributed by atoms with Crippen LogP contribution in [0.1, 0.15) is 10.4 Å². The number of hydrogen-bond donors (Lipinski definition) is 2. The molecule has 0 radical (unpaired) electrons. The lowest BCUT2D eigenvalue weighted by molar-refractivity contribution is 0.102. The zero-order valence-electron chi connectivity index (χ0n) is 14.2. The molecule has 0 aliphatic heterocycles. The summed E-state index contributed by atoms with van der Waals surface area (Å²) in [4.78, 5) is 12.4. The number of carbonyl (C=O) groups excluding carboxylic acids is 1. The number of sulfonamides is 1. The standard InChI is InChI=1S/C17H17N5O3S/c1-22-11-18-20-16(22)13-4-3-5-15(10-13)19-17(23)12-6-8-14(9-7-12)21-26(2,24)25/h3-11,21H,1-2H3,(H,19,23). The Morgan fingerprint density at radius 3 is 2.42 bits per heavy atom. The van der Waals surface area contributed by atoms with Crippen LogP contribution in [0, 0.1) is 0 Å². The number of nitrogens with one attached hydrogen (secondary N) is 2. The zero-order chi connectivity index (χ0) is 18.7. The van der Waals surface area contributed by atoms with Crippen LogP contribution in [0.4, 0.5) is 11.4 Å². The van der Waals surface area contributed by atoms with Gasteiger partial charge in [-0.3, -0.25) is 9.52 Å². The SMILES string of the molecule is Cn1cnnc1-c1cccc(NC(=O)c2ccc(NS(C)(=O)=O)cc2)c1. The van der Waals surface area contributed by atoms with E-state index in [1.165, 1.54) is 12.1 Å². The smallest absolute Gasteiger partial charge is 0.255 e. The molecule has 9 heteroatoms. The minimum Gasteiger partial charge on any atom is -0.322 e. The maximum absolute atomic E-state index is 12.4. The molecule has 0 bridgehead atoms. The number of rotatable bonds is 5. The van der Waals surface area contributed by atoms with Crippen molar-refractivity contribution in [2.24, 2.45) is 7.05 Å². The van der Waals surface area contributed by atoms with E-state index in [1.54, 1.807) is 29.1 Å². The van der Waals surface area contributed by atoms with Crippen LogP contribution in [0.25, 0.3) is 11.4 Å². The fourth-order valence-corrected chi connectivity index (χ4v) is 2.95. The van der Waals surface area contributed by atoms with Gasteiger partial charge in [-0.15, -0.1) is 10.2 Å². The molecular formula is C17H17N5O3S. The molecule has 26 heavy (non-hydrogen) atoms. The zero-order valence-corrected chi connectivity index (χ0v) is 15.0. The Morgan fingerprint density at radius 1 is 1.08 bits per heavy atom. The molecule has 1 amide bonds. The summed E-state index contributed by atoms with van der Waals surface area (Å²) in [5.74, 6) is 0.392. The second-order valence-corrected chi connectivity index (χ2v) is 7.50. The highest BCUT2D eigenvalue weighted by atomic mass is 32.2.